The summed E-state index contributed by atoms with van der Waals surface area (Å²) in [7, 11) is 3.16. The lowest BCUT2D eigenvalue weighted by atomic mass is 10.2. The predicted molar refractivity (Wildman–Crippen MR) is 93.5 cm³/mol. The fraction of sp³-hybridized carbons (Fsp3) is 0.222. The van der Waals surface area contributed by atoms with Crippen molar-refractivity contribution in [2.45, 2.75) is 17.4 Å². The maximum absolute atomic E-state index is 13.0. The van der Waals surface area contributed by atoms with Crippen LogP contribution >= 0.6 is 11.8 Å². The normalized spacial score (nSPS) is 12.0. The Morgan fingerprint density at radius 3 is 2.24 bits per heavy atom. The molecule has 3 rings (SSSR count). The van der Waals surface area contributed by atoms with Gasteiger partial charge >= 0.3 is 0 Å². The van der Waals surface area contributed by atoms with E-state index in [2.05, 4.69) is 10.2 Å². The molecular formula is C18H17FN2O3S. The highest BCUT2D eigenvalue weighted by Crippen LogP contribution is 2.36. The molecule has 0 unspecified atom stereocenters. The fourth-order valence-corrected chi connectivity index (χ4v) is 3.07. The first-order valence-corrected chi connectivity index (χ1v) is 8.46. The molecule has 3 aromatic rings. The van der Waals surface area contributed by atoms with Gasteiger partial charge in [0.15, 0.2) is 0 Å². The Labute approximate surface area is 149 Å². The summed E-state index contributed by atoms with van der Waals surface area (Å²) in [6.07, 6.45) is 0. The van der Waals surface area contributed by atoms with Gasteiger partial charge in [0.05, 0.1) is 14.2 Å². The third-order valence-electron chi connectivity index (χ3n) is 3.62. The van der Waals surface area contributed by atoms with E-state index in [4.69, 9.17) is 13.9 Å². The number of rotatable bonds is 6. The van der Waals surface area contributed by atoms with Crippen molar-refractivity contribution < 1.29 is 18.3 Å². The number of benzene rings is 2. The van der Waals surface area contributed by atoms with Gasteiger partial charge in [0.2, 0.25) is 5.89 Å². The van der Waals surface area contributed by atoms with Crippen molar-refractivity contribution in [2.24, 2.45) is 0 Å². The lowest BCUT2D eigenvalue weighted by Gasteiger charge is -2.08. The Morgan fingerprint density at radius 2 is 1.64 bits per heavy atom. The Bertz CT molecular complexity index is 830. The number of nitrogens with zero attached hydrogens (tertiary/aromatic N) is 2. The van der Waals surface area contributed by atoms with Gasteiger partial charge in [0, 0.05) is 16.9 Å². The van der Waals surface area contributed by atoms with Crippen LogP contribution in [0.15, 0.2) is 52.1 Å². The second kappa shape index (κ2) is 7.57. The van der Waals surface area contributed by atoms with E-state index >= 15 is 0 Å². The summed E-state index contributed by atoms with van der Waals surface area (Å²) in [5.41, 5.74) is 1.69. The van der Waals surface area contributed by atoms with Crippen LogP contribution in [0.1, 0.15) is 17.7 Å². The third-order valence-corrected chi connectivity index (χ3v) is 4.61. The van der Waals surface area contributed by atoms with Crippen molar-refractivity contribution in [1.29, 1.82) is 0 Å². The Balaban J connectivity index is 1.79. The minimum absolute atomic E-state index is 0.0498. The summed E-state index contributed by atoms with van der Waals surface area (Å²) in [6.45, 7) is 2.00. The highest BCUT2D eigenvalue weighted by atomic mass is 32.2. The maximum atomic E-state index is 13.0. The fourth-order valence-electron chi connectivity index (χ4n) is 2.26. The minimum Gasteiger partial charge on any atom is -0.497 e. The standard InChI is InChI=1S/C18H17FN2O3S/c1-11(12-4-6-14(19)7-5-12)25-18-21-20-17(24-18)13-8-15(22-2)10-16(9-13)23-3/h4-11H,1-3H3/t11-/m1/s1. The second-order valence-electron chi connectivity index (χ2n) is 5.29. The van der Waals surface area contributed by atoms with E-state index in [1.807, 2.05) is 6.92 Å². The van der Waals surface area contributed by atoms with E-state index in [1.165, 1.54) is 23.9 Å². The molecule has 0 radical (unpaired) electrons. The zero-order valence-corrected chi connectivity index (χ0v) is 14.8. The summed E-state index contributed by atoms with van der Waals surface area (Å²) in [4.78, 5) is 0. The lowest BCUT2D eigenvalue weighted by molar-refractivity contribution is 0.394. The molecule has 0 bridgehead atoms. The molecule has 0 aliphatic heterocycles. The van der Waals surface area contributed by atoms with Crippen molar-refractivity contribution in [3.8, 4) is 23.0 Å². The average molecular weight is 360 g/mol. The molecule has 1 heterocycles. The minimum atomic E-state index is -0.256. The molecule has 5 nitrogen and oxygen atoms in total. The van der Waals surface area contributed by atoms with Gasteiger partial charge < -0.3 is 13.9 Å². The van der Waals surface area contributed by atoms with Gasteiger partial charge in [-0.15, -0.1) is 10.2 Å². The van der Waals surface area contributed by atoms with Crippen molar-refractivity contribution in [3.05, 3.63) is 53.8 Å². The molecule has 1 atom stereocenters. The SMILES string of the molecule is COc1cc(OC)cc(-c2nnc(S[C@H](C)c3ccc(F)cc3)o2)c1. The van der Waals surface area contributed by atoms with Gasteiger partial charge in [0.25, 0.3) is 5.22 Å². The Hall–Kier alpha value is -2.54. The van der Waals surface area contributed by atoms with Crippen molar-refractivity contribution in [3.63, 3.8) is 0 Å². The highest BCUT2D eigenvalue weighted by molar-refractivity contribution is 7.99. The van der Waals surface area contributed by atoms with Crippen LogP contribution in [-0.2, 0) is 0 Å². The molecule has 0 aliphatic carbocycles. The van der Waals surface area contributed by atoms with E-state index in [1.54, 1.807) is 44.6 Å². The Kier molecular flexibility index (Phi) is 5.23. The molecule has 7 heteroatoms. The number of hydrogen-bond donors (Lipinski definition) is 0. The van der Waals surface area contributed by atoms with Crippen LogP contribution in [0.2, 0.25) is 0 Å². The number of ether oxygens (including phenoxy) is 2. The van der Waals surface area contributed by atoms with Crippen molar-refractivity contribution >= 4 is 11.8 Å². The zero-order chi connectivity index (χ0) is 17.8. The summed E-state index contributed by atoms with van der Waals surface area (Å²) >= 11 is 1.41. The summed E-state index contributed by atoms with van der Waals surface area (Å²) in [5.74, 6) is 1.40. The number of halogens is 1. The summed E-state index contributed by atoms with van der Waals surface area (Å²) in [5, 5.41) is 8.65. The summed E-state index contributed by atoms with van der Waals surface area (Å²) < 4.78 is 29.3. The molecule has 0 N–H and O–H groups in total. The van der Waals surface area contributed by atoms with Gasteiger partial charge in [-0.1, -0.05) is 23.9 Å². The smallest absolute Gasteiger partial charge is 0.277 e. The van der Waals surface area contributed by atoms with Gasteiger partial charge in [-0.3, -0.25) is 0 Å². The molecule has 0 amide bonds. The molecule has 1 aromatic heterocycles. The van der Waals surface area contributed by atoms with Crippen molar-refractivity contribution in [1.82, 2.24) is 10.2 Å². The van der Waals surface area contributed by atoms with Crippen LogP contribution in [-0.4, -0.2) is 24.4 Å². The first-order chi connectivity index (χ1) is 12.1. The number of aromatic nitrogens is 2. The molecule has 25 heavy (non-hydrogen) atoms. The topological polar surface area (TPSA) is 57.4 Å². The number of methoxy groups -OCH3 is 2. The zero-order valence-electron chi connectivity index (χ0n) is 14.0. The third kappa shape index (κ3) is 4.11. The van der Waals surface area contributed by atoms with E-state index in [0.717, 1.165) is 5.56 Å². The van der Waals surface area contributed by atoms with E-state index in [9.17, 15) is 4.39 Å². The van der Waals surface area contributed by atoms with E-state index < -0.39 is 0 Å². The molecule has 0 saturated carbocycles. The van der Waals surface area contributed by atoms with Gasteiger partial charge in [-0.2, -0.15) is 0 Å². The van der Waals surface area contributed by atoms with Gasteiger partial charge in [-0.25, -0.2) is 4.39 Å². The van der Waals surface area contributed by atoms with Crippen LogP contribution < -0.4 is 9.47 Å². The molecule has 130 valence electrons. The Morgan fingerprint density at radius 1 is 1.00 bits per heavy atom. The van der Waals surface area contributed by atoms with Crippen LogP contribution in [0.25, 0.3) is 11.5 Å². The molecule has 2 aromatic carbocycles. The maximum Gasteiger partial charge on any atom is 0.277 e. The first kappa shape index (κ1) is 17.3. The van der Waals surface area contributed by atoms with Crippen LogP contribution in [0.3, 0.4) is 0 Å². The average Bonchev–Trinajstić information content (AvgIpc) is 3.10. The monoisotopic (exact) mass is 360 g/mol. The van der Waals surface area contributed by atoms with Gasteiger partial charge in [-0.05, 0) is 36.8 Å². The van der Waals surface area contributed by atoms with Crippen LogP contribution in [0.5, 0.6) is 11.5 Å². The molecule has 0 saturated heterocycles. The second-order valence-corrected chi connectivity index (χ2v) is 6.58. The molecule has 0 fully saturated rings. The van der Waals surface area contributed by atoms with Crippen LogP contribution in [0, 0.1) is 5.82 Å². The van der Waals surface area contributed by atoms with Crippen LogP contribution in [0.4, 0.5) is 4.39 Å². The predicted octanol–water partition coefficient (Wildman–Crippen LogP) is 4.75. The number of hydrogen-bond acceptors (Lipinski definition) is 6. The van der Waals surface area contributed by atoms with Crippen molar-refractivity contribution in [2.75, 3.05) is 14.2 Å². The molecule has 0 aliphatic rings. The largest absolute Gasteiger partial charge is 0.497 e. The van der Waals surface area contributed by atoms with Gasteiger partial charge in [0.1, 0.15) is 17.3 Å². The highest BCUT2D eigenvalue weighted by Gasteiger charge is 2.15. The molecule has 0 spiro atoms. The number of thioether (sulfide) groups is 1. The van der Waals surface area contributed by atoms with E-state index in [0.29, 0.717) is 28.2 Å². The molecular weight excluding hydrogens is 343 g/mol. The quantitative estimate of drug-likeness (QED) is 0.592. The first-order valence-electron chi connectivity index (χ1n) is 7.58. The van der Waals surface area contributed by atoms with E-state index in [-0.39, 0.29) is 11.1 Å². The summed E-state index contributed by atoms with van der Waals surface area (Å²) in [6, 6.07) is 11.7. The lowest BCUT2D eigenvalue weighted by Crippen LogP contribution is -1.89.